The quantitative estimate of drug-likeness (QED) is 0.255. The Labute approximate surface area is 181 Å². The van der Waals surface area contributed by atoms with Crippen LogP contribution in [0.3, 0.4) is 0 Å². The summed E-state index contributed by atoms with van der Waals surface area (Å²) in [6.07, 6.45) is 0.779. The second-order valence-corrected chi connectivity index (χ2v) is 6.56. The van der Waals surface area contributed by atoms with Gasteiger partial charge in [0.15, 0.2) is 0 Å². The Kier molecular flexibility index (Phi) is 8.49. The van der Waals surface area contributed by atoms with E-state index in [9.17, 15) is 9.59 Å². The van der Waals surface area contributed by atoms with Crippen molar-refractivity contribution in [2.75, 3.05) is 19.8 Å². The number of benzene rings is 3. The van der Waals surface area contributed by atoms with E-state index in [2.05, 4.69) is 0 Å². The lowest BCUT2D eigenvalue weighted by atomic mass is 10.2. The summed E-state index contributed by atoms with van der Waals surface area (Å²) in [5, 5.41) is 0. The first kappa shape index (κ1) is 21.9. The fourth-order valence-electron chi connectivity index (χ4n) is 2.66. The summed E-state index contributed by atoms with van der Waals surface area (Å²) in [4.78, 5) is 24.0. The van der Waals surface area contributed by atoms with Crippen molar-refractivity contribution in [2.45, 2.75) is 12.8 Å². The summed E-state index contributed by atoms with van der Waals surface area (Å²) < 4.78 is 21.5. The smallest absolute Gasteiger partial charge is 0.338 e. The fraction of sp³-hybridized carbons (Fsp3) is 0.200. The fourth-order valence-corrected chi connectivity index (χ4v) is 2.66. The van der Waals surface area contributed by atoms with Gasteiger partial charge < -0.3 is 18.9 Å². The molecule has 0 N–H and O–H groups in total. The van der Waals surface area contributed by atoms with Gasteiger partial charge in [-0.25, -0.2) is 4.79 Å². The van der Waals surface area contributed by atoms with Crippen LogP contribution in [-0.2, 0) is 9.53 Å². The number of carbonyl (C=O) groups excluding carboxylic acids is 2. The van der Waals surface area contributed by atoms with Crippen molar-refractivity contribution in [1.29, 1.82) is 0 Å². The van der Waals surface area contributed by atoms with E-state index in [0.29, 0.717) is 24.3 Å². The Bertz CT molecular complexity index is 939. The Morgan fingerprint density at radius 2 is 1.19 bits per heavy atom. The van der Waals surface area contributed by atoms with E-state index in [1.807, 2.05) is 60.7 Å². The molecule has 6 heteroatoms. The van der Waals surface area contributed by atoms with Crippen LogP contribution in [0.15, 0.2) is 84.9 Å². The largest absolute Gasteiger partial charge is 0.494 e. The maximum Gasteiger partial charge on any atom is 0.338 e. The van der Waals surface area contributed by atoms with Crippen LogP contribution in [0.2, 0.25) is 0 Å². The number of hydrogen-bond acceptors (Lipinski definition) is 6. The van der Waals surface area contributed by atoms with Gasteiger partial charge in [-0.05, 0) is 55.0 Å². The van der Waals surface area contributed by atoms with Crippen molar-refractivity contribution in [2.24, 2.45) is 0 Å². The van der Waals surface area contributed by atoms with Gasteiger partial charge in [-0.2, -0.15) is 0 Å². The molecule has 160 valence electrons. The number of hydrogen-bond donors (Lipinski definition) is 0. The molecule has 0 amide bonds. The molecule has 0 heterocycles. The first-order chi connectivity index (χ1) is 15.2. The molecule has 0 aliphatic carbocycles. The van der Waals surface area contributed by atoms with E-state index < -0.39 is 5.97 Å². The molecular formula is C25H24O6. The molecule has 0 aliphatic heterocycles. The number of esters is 2. The van der Waals surface area contributed by atoms with Crippen molar-refractivity contribution in [1.82, 2.24) is 0 Å². The molecule has 0 unspecified atom stereocenters. The van der Waals surface area contributed by atoms with Gasteiger partial charge in [0.1, 0.15) is 30.5 Å². The van der Waals surface area contributed by atoms with Crippen molar-refractivity contribution < 1.29 is 28.5 Å². The minimum atomic E-state index is -0.465. The molecule has 3 aromatic carbocycles. The normalized spacial score (nSPS) is 10.2. The van der Waals surface area contributed by atoms with Gasteiger partial charge in [0.2, 0.25) is 0 Å². The summed E-state index contributed by atoms with van der Waals surface area (Å²) in [6.45, 7) is 0.826. The van der Waals surface area contributed by atoms with Crippen LogP contribution in [0.25, 0.3) is 0 Å². The molecule has 3 aromatic rings. The minimum absolute atomic E-state index is 0.134. The average molecular weight is 420 g/mol. The lowest BCUT2D eigenvalue weighted by molar-refractivity contribution is -0.134. The highest BCUT2D eigenvalue weighted by Gasteiger charge is 2.09. The van der Waals surface area contributed by atoms with Crippen LogP contribution in [0.5, 0.6) is 17.2 Å². The predicted molar refractivity (Wildman–Crippen MR) is 115 cm³/mol. The third-order valence-corrected chi connectivity index (χ3v) is 4.19. The van der Waals surface area contributed by atoms with E-state index in [1.54, 1.807) is 24.3 Å². The molecule has 0 aliphatic rings. The number of para-hydroxylation sites is 2. The Morgan fingerprint density at radius 1 is 0.613 bits per heavy atom. The topological polar surface area (TPSA) is 71.1 Å². The van der Waals surface area contributed by atoms with E-state index in [0.717, 1.165) is 11.5 Å². The second kappa shape index (κ2) is 12.0. The van der Waals surface area contributed by atoms with Crippen molar-refractivity contribution >= 4 is 11.9 Å². The van der Waals surface area contributed by atoms with Crippen LogP contribution in [0.4, 0.5) is 0 Å². The zero-order chi connectivity index (χ0) is 21.7. The van der Waals surface area contributed by atoms with Gasteiger partial charge >= 0.3 is 11.9 Å². The molecule has 0 saturated carbocycles. The highest BCUT2D eigenvalue weighted by atomic mass is 16.6. The van der Waals surface area contributed by atoms with E-state index in [-0.39, 0.29) is 25.6 Å². The van der Waals surface area contributed by atoms with Crippen LogP contribution in [0.1, 0.15) is 23.2 Å². The lowest BCUT2D eigenvalue weighted by Crippen LogP contribution is -2.13. The standard InChI is InChI=1S/C25H24O6/c26-24(12-7-17-28-21-8-3-1-4-9-21)31-23-15-13-20(14-16-23)25(27)30-19-18-29-22-10-5-2-6-11-22/h1-6,8-11,13-16H,7,12,17-19H2. The summed E-state index contributed by atoms with van der Waals surface area (Å²) in [6, 6.07) is 25.0. The average Bonchev–Trinajstić information content (AvgIpc) is 2.81. The van der Waals surface area contributed by atoms with Gasteiger partial charge in [-0.3, -0.25) is 4.79 Å². The third kappa shape index (κ3) is 7.85. The Morgan fingerprint density at radius 3 is 1.81 bits per heavy atom. The van der Waals surface area contributed by atoms with Crippen molar-refractivity contribution in [3.8, 4) is 17.2 Å². The summed E-state index contributed by atoms with van der Waals surface area (Å²) in [5.74, 6) is 1.04. The molecule has 3 rings (SSSR count). The molecule has 0 bridgehead atoms. The third-order valence-electron chi connectivity index (χ3n) is 4.19. The Balaban J connectivity index is 1.33. The van der Waals surface area contributed by atoms with E-state index in [4.69, 9.17) is 18.9 Å². The lowest BCUT2D eigenvalue weighted by Gasteiger charge is -2.08. The van der Waals surface area contributed by atoms with Gasteiger partial charge in [0.05, 0.1) is 12.2 Å². The van der Waals surface area contributed by atoms with Crippen LogP contribution in [0, 0.1) is 0 Å². The van der Waals surface area contributed by atoms with Crippen molar-refractivity contribution in [3.63, 3.8) is 0 Å². The minimum Gasteiger partial charge on any atom is -0.494 e. The first-order valence-electron chi connectivity index (χ1n) is 10.0. The highest BCUT2D eigenvalue weighted by Crippen LogP contribution is 2.15. The molecular weight excluding hydrogens is 396 g/mol. The molecule has 0 spiro atoms. The maximum atomic E-state index is 12.1. The number of carbonyl (C=O) groups is 2. The highest BCUT2D eigenvalue weighted by molar-refractivity contribution is 5.89. The monoisotopic (exact) mass is 420 g/mol. The van der Waals surface area contributed by atoms with Gasteiger partial charge in [0, 0.05) is 6.42 Å². The number of rotatable bonds is 11. The first-order valence-corrected chi connectivity index (χ1v) is 10.0. The number of ether oxygens (including phenoxy) is 4. The van der Waals surface area contributed by atoms with E-state index >= 15 is 0 Å². The molecule has 31 heavy (non-hydrogen) atoms. The predicted octanol–water partition coefficient (Wildman–Crippen LogP) is 4.69. The van der Waals surface area contributed by atoms with Crippen LogP contribution < -0.4 is 14.2 Å². The summed E-state index contributed by atoms with van der Waals surface area (Å²) >= 11 is 0. The molecule has 0 atom stereocenters. The van der Waals surface area contributed by atoms with Crippen LogP contribution >= 0.6 is 0 Å². The molecule has 0 radical (unpaired) electrons. The van der Waals surface area contributed by atoms with E-state index in [1.165, 1.54) is 0 Å². The molecule has 0 fully saturated rings. The maximum absolute atomic E-state index is 12.1. The zero-order valence-electron chi connectivity index (χ0n) is 17.1. The van der Waals surface area contributed by atoms with Gasteiger partial charge in [-0.1, -0.05) is 36.4 Å². The van der Waals surface area contributed by atoms with Crippen LogP contribution in [-0.4, -0.2) is 31.8 Å². The molecule has 6 nitrogen and oxygen atoms in total. The van der Waals surface area contributed by atoms with Gasteiger partial charge in [0.25, 0.3) is 0 Å². The SMILES string of the molecule is O=C(CCCOc1ccccc1)Oc1ccc(C(=O)OCCOc2ccccc2)cc1. The second-order valence-electron chi connectivity index (χ2n) is 6.56. The molecule has 0 saturated heterocycles. The Hall–Kier alpha value is -3.80. The molecule has 0 aromatic heterocycles. The zero-order valence-corrected chi connectivity index (χ0v) is 17.1. The summed E-state index contributed by atoms with van der Waals surface area (Å²) in [5.41, 5.74) is 0.371. The van der Waals surface area contributed by atoms with Gasteiger partial charge in [-0.15, -0.1) is 0 Å². The van der Waals surface area contributed by atoms with Crippen molar-refractivity contribution in [3.05, 3.63) is 90.5 Å². The summed E-state index contributed by atoms with van der Waals surface area (Å²) in [7, 11) is 0.